The summed E-state index contributed by atoms with van der Waals surface area (Å²) in [5.74, 6) is 0.875. The molecular formula is C17H29NO2. The van der Waals surface area contributed by atoms with Gasteiger partial charge in [0.05, 0.1) is 12.2 Å². The van der Waals surface area contributed by atoms with Crippen LogP contribution in [0.25, 0.3) is 0 Å². The largest absolute Gasteiger partial charge is 0.392 e. The Hall–Kier alpha value is -0.900. The number of benzene rings is 1. The van der Waals surface area contributed by atoms with Crippen molar-refractivity contribution in [2.24, 2.45) is 11.8 Å². The van der Waals surface area contributed by atoms with Gasteiger partial charge in [0.15, 0.2) is 0 Å². The molecule has 1 rings (SSSR count). The van der Waals surface area contributed by atoms with Crippen LogP contribution in [0.3, 0.4) is 0 Å². The highest BCUT2D eigenvalue weighted by Gasteiger charge is 2.11. The highest BCUT2D eigenvalue weighted by atomic mass is 16.3. The maximum absolute atomic E-state index is 10.1. The predicted molar refractivity (Wildman–Crippen MR) is 83.7 cm³/mol. The van der Waals surface area contributed by atoms with Crippen molar-refractivity contribution >= 4 is 0 Å². The summed E-state index contributed by atoms with van der Waals surface area (Å²) >= 11 is 0. The Kier molecular flexibility index (Phi) is 7.20. The normalized spacial score (nSPS) is 14.8. The van der Waals surface area contributed by atoms with Crippen LogP contribution in [0.2, 0.25) is 0 Å². The first-order valence-corrected chi connectivity index (χ1v) is 7.55. The van der Waals surface area contributed by atoms with Gasteiger partial charge in [-0.25, -0.2) is 0 Å². The van der Waals surface area contributed by atoms with E-state index in [0.29, 0.717) is 19.0 Å². The third-order valence-electron chi connectivity index (χ3n) is 3.47. The molecule has 0 aliphatic heterocycles. The van der Waals surface area contributed by atoms with E-state index in [9.17, 15) is 10.2 Å². The fourth-order valence-corrected chi connectivity index (χ4v) is 2.07. The molecular weight excluding hydrogens is 250 g/mol. The van der Waals surface area contributed by atoms with Crippen LogP contribution in [-0.2, 0) is 6.42 Å². The van der Waals surface area contributed by atoms with E-state index in [1.165, 1.54) is 5.56 Å². The average Bonchev–Trinajstić information content (AvgIpc) is 2.38. The summed E-state index contributed by atoms with van der Waals surface area (Å²) in [6.45, 7) is 9.35. The van der Waals surface area contributed by atoms with Crippen LogP contribution in [0.1, 0.15) is 44.9 Å². The molecule has 20 heavy (non-hydrogen) atoms. The summed E-state index contributed by atoms with van der Waals surface area (Å²) in [5.41, 5.74) is 2.23. The van der Waals surface area contributed by atoms with Crippen LogP contribution in [0, 0.1) is 11.8 Å². The molecule has 0 radical (unpaired) electrons. The van der Waals surface area contributed by atoms with Crippen molar-refractivity contribution in [3.8, 4) is 0 Å². The molecule has 0 aliphatic rings. The zero-order valence-electron chi connectivity index (χ0n) is 13.1. The number of nitrogens with one attached hydrogen (secondary N) is 1. The quantitative estimate of drug-likeness (QED) is 0.685. The van der Waals surface area contributed by atoms with E-state index in [-0.39, 0.29) is 12.0 Å². The number of hydrogen-bond donors (Lipinski definition) is 3. The number of rotatable bonds is 8. The SMILES string of the molecule is CC(C)Cc1ccc(C(O)CNCC(O)C(C)C)cc1. The second-order valence-corrected chi connectivity index (χ2v) is 6.32. The lowest BCUT2D eigenvalue weighted by molar-refractivity contribution is 0.113. The van der Waals surface area contributed by atoms with Gasteiger partial charge >= 0.3 is 0 Å². The fraction of sp³-hybridized carbons (Fsp3) is 0.647. The molecule has 2 unspecified atom stereocenters. The Bertz CT molecular complexity index is 373. The van der Waals surface area contributed by atoms with E-state index < -0.39 is 6.10 Å². The van der Waals surface area contributed by atoms with E-state index in [0.717, 1.165) is 12.0 Å². The van der Waals surface area contributed by atoms with Crippen molar-refractivity contribution in [2.75, 3.05) is 13.1 Å². The van der Waals surface area contributed by atoms with Crippen LogP contribution in [0.15, 0.2) is 24.3 Å². The monoisotopic (exact) mass is 279 g/mol. The summed E-state index contributed by atoms with van der Waals surface area (Å²) in [5, 5.41) is 22.9. The summed E-state index contributed by atoms with van der Waals surface area (Å²) in [7, 11) is 0. The topological polar surface area (TPSA) is 52.5 Å². The lowest BCUT2D eigenvalue weighted by atomic mass is 10.00. The van der Waals surface area contributed by atoms with E-state index in [1.807, 2.05) is 26.0 Å². The molecule has 3 nitrogen and oxygen atoms in total. The van der Waals surface area contributed by atoms with Gasteiger partial charge in [-0.05, 0) is 29.4 Å². The van der Waals surface area contributed by atoms with Crippen LogP contribution in [-0.4, -0.2) is 29.4 Å². The minimum absolute atomic E-state index is 0.231. The van der Waals surface area contributed by atoms with Gasteiger partial charge in [0.25, 0.3) is 0 Å². The smallest absolute Gasteiger partial charge is 0.0914 e. The van der Waals surface area contributed by atoms with E-state index in [1.54, 1.807) is 0 Å². The van der Waals surface area contributed by atoms with E-state index in [4.69, 9.17) is 0 Å². The average molecular weight is 279 g/mol. The van der Waals surface area contributed by atoms with Crippen molar-refractivity contribution in [2.45, 2.75) is 46.3 Å². The molecule has 0 heterocycles. The highest BCUT2D eigenvalue weighted by molar-refractivity contribution is 5.24. The molecule has 0 spiro atoms. The Morgan fingerprint density at radius 1 is 0.950 bits per heavy atom. The molecule has 3 N–H and O–H groups in total. The van der Waals surface area contributed by atoms with Crippen LogP contribution >= 0.6 is 0 Å². The van der Waals surface area contributed by atoms with Crippen LogP contribution in [0.5, 0.6) is 0 Å². The predicted octanol–water partition coefficient (Wildman–Crippen LogP) is 2.53. The van der Waals surface area contributed by atoms with E-state index in [2.05, 4.69) is 31.3 Å². The second-order valence-electron chi connectivity index (χ2n) is 6.32. The van der Waals surface area contributed by atoms with Gasteiger partial charge < -0.3 is 15.5 Å². The summed E-state index contributed by atoms with van der Waals surface area (Å²) in [6.07, 6.45) is 0.174. The third-order valence-corrected chi connectivity index (χ3v) is 3.47. The number of aliphatic hydroxyl groups is 2. The summed E-state index contributed by atoms with van der Waals surface area (Å²) in [6, 6.07) is 8.15. The molecule has 3 heteroatoms. The maximum atomic E-state index is 10.1. The first-order valence-electron chi connectivity index (χ1n) is 7.55. The van der Waals surface area contributed by atoms with Crippen molar-refractivity contribution in [1.29, 1.82) is 0 Å². The van der Waals surface area contributed by atoms with Gasteiger partial charge in [-0.15, -0.1) is 0 Å². The molecule has 1 aromatic rings. The standard InChI is InChI=1S/C17H29NO2/c1-12(2)9-14-5-7-15(8-6-14)17(20)11-18-10-16(19)13(3)4/h5-8,12-13,16-20H,9-11H2,1-4H3. The van der Waals surface area contributed by atoms with Gasteiger partial charge in [-0.1, -0.05) is 52.0 Å². The van der Waals surface area contributed by atoms with Gasteiger partial charge in [0.2, 0.25) is 0 Å². The number of aliphatic hydroxyl groups excluding tert-OH is 2. The van der Waals surface area contributed by atoms with Crippen molar-refractivity contribution in [3.05, 3.63) is 35.4 Å². The number of hydrogen-bond acceptors (Lipinski definition) is 3. The van der Waals surface area contributed by atoms with Crippen molar-refractivity contribution in [1.82, 2.24) is 5.32 Å². The molecule has 0 saturated heterocycles. The lowest BCUT2D eigenvalue weighted by Gasteiger charge is -2.17. The summed E-state index contributed by atoms with van der Waals surface area (Å²) < 4.78 is 0. The Labute approximate surface area is 123 Å². The van der Waals surface area contributed by atoms with Gasteiger partial charge in [-0.2, -0.15) is 0 Å². The molecule has 0 aromatic heterocycles. The molecule has 1 aromatic carbocycles. The second kappa shape index (κ2) is 8.40. The summed E-state index contributed by atoms with van der Waals surface area (Å²) in [4.78, 5) is 0. The molecule has 2 atom stereocenters. The fourth-order valence-electron chi connectivity index (χ4n) is 2.07. The highest BCUT2D eigenvalue weighted by Crippen LogP contribution is 2.15. The Balaban J connectivity index is 2.41. The van der Waals surface area contributed by atoms with Gasteiger partial charge in [0.1, 0.15) is 0 Å². The maximum Gasteiger partial charge on any atom is 0.0914 e. The van der Waals surface area contributed by atoms with Gasteiger partial charge in [0, 0.05) is 13.1 Å². The van der Waals surface area contributed by atoms with E-state index >= 15 is 0 Å². The van der Waals surface area contributed by atoms with Crippen LogP contribution in [0.4, 0.5) is 0 Å². The molecule has 0 aliphatic carbocycles. The molecule has 0 fully saturated rings. The molecule has 0 bridgehead atoms. The Morgan fingerprint density at radius 3 is 2.05 bits per heavy atom. The van der Waals surface area contributed by atoms with Crippen LogP contribution < -0.4 is 5.32 Å². The zero-order chi connectivity index (χ0) is 15.1. The molecule has 114 valence electrons. The van der Waals surface area contributed by atoms with Gasteiger partial charge in [-0.3, -0.25) is 0 Å². The first-order chi connectivity index (χ1) is 9.40. The minimum atomic E-state index is -0.525. The lowest BCUT2D eigenvalue weighted by Crippen LogP contribution is -2.33. The Morgan fingerprint density at radius 2 is 1.55 bits per heavy atom. The van der Waals surface area contributed by atoms with Crippen molar-refractivity contribution < 1.29 is 10.2 Å². The zero-order valence-corrected chi connectivity index (χ0v) is 13.1. The molecule has 0 amide bonds. The first kappa shape index (κ1) is 17.2. The molecule has 0 saturated carbocycles. The van der Waals surface area contributed by atoms with Crippen molar-refractivity contribution in [3.63, 3.8) is 0 Å². The minimum Gasteiger partial charge on any atom is -0.392 e. The third kappa shape index (κ3) is 6.04.